The van der Waals surface area contributed by atoms with Gasteiger partial charge in [-0.25, -0.2) is 4.79 Å². The van der Waals surface area contributed by atoms with E-state index in [2.05, 4.69) is 17.4 Å². The van der Waals surface area contributed by atoms with Crippen LogP contribution in [-0.2, 0) is 22.4 Å². The number of furan rings is 1. The molecule has 3 aromatic rings. The molecular formula is C23H21NO4S. The van der Waals surface area contributed by atoms with Gasteiger partial charge in [0.25, 0.3) is 0 Å². The van der Waals surface area contributed by atoms with Crippen LogP contribution in [0.4, 0.5) is 5.00 Å². The molecule has 6 heteroatoms. The molecule has 1 amide bonds. The molecule has 0 spiro atoms. The molecule has 2 aromatic heterocycles. The van der Waals surface area contributed by atoms with Crippen molar-refractivity contribution in [1.82, 2.24) is 0 Å². The van der Waals surface area contributed by atoms with Gasteiger partial charge in [-0.1, -0.05) is 18.2 Å². The highest BCUT2D eigenvalue weighted by Crippen LogP contribution is 2.37. The topological polar surface area (TPSA) is 68.5 Å². The highest BCUT2D eigenvalue weighted by atomic mass is 32.1. The minimum atomic E-state index is -0.468. The Morgan fingerprint density at radius 1 is 1.17 bits per heavy atom. The molecule has 0 saturated heterocycles. The number of amides is 1. The van der Waals surface area contributed by atoms with Crippen LogP contribution in [0, 0.1) is 0 Å². The number of anilines is 1. The predicted octanol–water partition coefficient (Wildman–Crippen LogP) is 5.33. The first kappa shape index (κ1) is 19.2. The van der Waals surface area contributed by atoms with Crippen LogP contribution in [0.3, 0.4) is 0 Å². The van der Waals surface area contributed by atoms with E-state index < -0.39 is 5.97 Å². The summed E-state index contributed by atoms with van der Waals surface area (Å²) in [6.45, 7) is 0. The SMILES string of the molecule is COC(=O)c1c(-c2ccc3c(c2)CCCC3)csc1NC(=O)/C=C/c1ccco1. The number of esters is 1. The van der Waals surface area contributed by atoms with Crippen LogP contribution in [0.5, 0.6) is 0 Å². The number of benzene rings is 1. The molecule has 0 fully saturated rings. The molecule has 0 aliphatic heterocycles. The molecule has 0 radical (unpaired) electrons. The van der Waals surface area contributed by atoms with E-state index in [1.807, 2.05) is 11.4 Å². The summed E-state index contributed by atoms with van der Waals surface area (Å²) in [6.07, 6.45) is 9.06. The van der Waals surface area contributed by atoms with Crippen molar-refractivity contribution >= 4 is 34.3 Å². The summed E-state index contributed by atoms with van der Waals surface area (Å²) in [4.78, 5) is 24.8. The van der Waals surface area contributed by atoms with Gasteiger partial charge in [0, 0.05) is 17.0 Å². The quantitative estimate of drug-likeness (QED) is 0.459. The summed E-state index contributed by atoms with van der Waals surface area (Å²) in [6, 6.07) is 9.85. The van der Waals surface area contributed by atoms with Crippen LogP contribution in [0.15, 0.2) is 52.5 Å². The Labute approximate surface area is 173 Å². The van der Waals surface area contributed by atoms with Gasteiger partial charge in [-0.2, -0.15) is 0 Å². The van der Waals surface area contributed by atoms with Crippen LogP contribution >= 0.6 is 11.3 Å². The van der Waals surface area contributed by atoms with Crippen molar-refractivity contribution in [3.63, 3.8) is 0 Å². The maximum Gasteiger partial charge on any atom is 0.341 e. The third-order valence-corrected chi connectivity index (χ3v) is 5.91. The minimum absolute atomic E-state index is 0.342. The molecule has 148 valence electrons. The van der Waals surface area contributed by atoms with Gasteiger partial charge >= 0.3 is 5.97 Å². The van der Waals surface area contributed by atoms with Gasteiger partial charge in [0.05, 0.1) is 13.4 Å². The van der Waals surface area contributed by atoms with E-state index in [4.69, 9.17) is 9.15 Å². The number of thiophene rings is 1. The first-order valence-electron chi connectivity index (χ1n) is 9.50. The van der Waals surface area contributed by atoms with Crippen molar-refractivity contribution in [2.75, 3.05) is 12.4 Å². The highest BCUT2D eigenvalue weighted by Gasteiger charge is 2.22. The summed E-state index contributed by atoms with van der Waals surface area (Å²) in [5, 5.41) is 5.15. The molecule has 0 atom stereocenters. The monoisotopic (exact) mass is 407 g/mol. The lowest BCUT2D eigenvalue weighted by atomic mass is 9.89. The van der Waals surface area contributed by atoms with E-state index in [1.54, 1.807) is 18.2 Å². The predicted molar refractivity (Wildman–Crippen MR) is 114 cm³/mol. The molecule has 0 bridgehead atoms. The summed E-state index contributed by atoms with van der Waals surface area (Å²) in [7, 11) is 1.35. The summed E-state index contributed by atoms with van der Waals surface area (Å²) >= 11 is 1.31. The second-order valence-corrected chi connectivity index (χ2v) is 7.75. The van der Waals surface area contributed by atoms with Gasteiger partial charge in [0.15, 0.2) is 0 Å². The van der Waals surface area contributed by atoms with Gasteiger partial charge in [-0.05, 0) is 60.6 Å². The largest absolute Gasteiger partial charge is 0.465 e. The standard InChI is InChI=1S/C23H21NO4S/c1-27-23(26)21-19(17-9-8-15-5-2-3-6-16(15)13-17)14-29-22(21)24-20(25)11-10-18-7-4-12-28-18/h4,7-14H,2-3,5-6H2,1H3,(H,24,25)/b11-10+. The van der Waals surface area contributed by atoms with Gasteiger partial charge < -0.3 is 14.5 Å². The van der Waals surface area contributed by atoms with Crippen LogP contribution in [-0.4, -0.2) is 19.0 Å². The van der Waals surface area contributed by atoms with Crippen molar-refractivity contribution in [1.29, 1.82) is 0 Å². The Morgan fingerprint density at radius 3 is 2.76 bits per heavy atom. The Balaban J connectivity index is 1.63. The van der Waals surface area contributed by atoms with Crippen molar-refractivity contribution in [3.8, 4) is 11.1 Å². The number of nitrogens with one attached hydrogen (secondary N) is 1. The molecule has 4 rings (SSSR count). The van der Waals surface area contributed by atoms with Gasteiger partial charge in [-0.3, -0.25) is 4.79 Å². The zero-order chi connectivity index (χ0) is 20.2. The van der Waals surface area contributed by atoms with Gasteiger partial charge in [0.1, 0.15) is 16.3 Å². The molecular weight excluding hydrogens is 386 g/mol. The first-order chi connectivity index (χ1) is 14.2. The summed E-state index contributed by atoms with van der Waals surface area (Å²) in [5.74, 6) is -0.232. The number of rotatable bonds is 5. The van der Waals surface area contributed by atoms with E-state index in [0.29, 0.717) is 16.3 Å². The molecule has 5 nitrogen and oxygen atoms in total. The smallest absolute Gasteiger partial charge is 0.341 e. The molecule has 29 heavy (non-hydrogen) atoms. The molecule has 1 aliphatic carbocycles. The number of hydrogen-bond acceptors (Lipinski definition) is 5. The number of hydrogen-bond donors (Lipinski definition) is 1. The lowest BCUT2D eigenvalue weighted by Gasteiger charge is -2.16. The number of aryl methyl sites for hydroxylation is 2. The van der Waals surface area contributed by atoms with Gasteiger partial charge in [-0.15, -0.1) is 11.3 Å². The fourth-order valence-electron chi connectivity index (χ4n) is 3.57. The lowest BCUT2D eigenvalue weighted by molar-refractivity contribution is -0.111. The van der Waals surface area contributed by atoms with Gasteiger partial charge in [0.2, 0.25) is 5.91 Å². The van der Waals surface area contributed by atoms with Crippen molar-refractivity contribution in [2.24, 2.45) is 0 Å². The van der Waals surface area contributed by atoms with E-state index in [0.717, 1.165) is 24.0 Å². The Kier molecular flexibility index (Phi) is 5.62. The summed E-state index contributed by atoms with van der Waals surface area (Å²) in [5.41, 5.74) is 4.84. The lowest BCUT2D eigenvalue weighted by Crippen LogP contribution is -2.11. The molecule has 1 aliphatic rings. The second kappa shape index (κ2) is 8.49. The third-order valence-electron chi connectivity index (χ3n) is 5.02. The van der Waals surface area contributed by atoms with Crippen LogP contribution in [0.25, 0.3) is 17.2 Å². The minimum Gasteiger partial charge on any atom is -0.465 e. The van der Waals surface area contributed by atoms with Crippen LogP contribution in [0.2, 0.25) is 0 Å². The van der Waals surface area contributed by atoms with E-state index in [9.17, 15) is 9.59 Å². The van der Waals surface area contributed by atoms with E-state index in [-0.39, 0.29) is 5.91 Å². The number of fused-ring (bicyclic) bond motifs is 1. The number of methoxy groups -OCH3 is 1. The Hall–Kier alpha value is -3.12. The fourth-order valence-corrected chi connectivity index (χ4v) is 4.53. The zero-order valence-corrected chi connectivity index (χ0v) is 16.9. The normalized spacial score (nSPS) is 13.3. The first-order valence-corrected chi connectivity index (χ1v) is 10.4. The van der Waals surface area contributed by atoms with Crippen molar-refractivity contribution in [3.05, 3.63) is 70.5 Å². The zero-order valence-electron chi connectivity index (χ0n) is 16.1. The Morgan fingerprint density at radius 2 is 2.00 bits per heavy atom. The average Bonchev–Trinajstić information content (AvgIpc) is 3.41. The van der Waals surface area contributed by atoms with Crippen LogP contribution in [0.1, 0.15) is 40.1 Å². The second-order valence-electron chi connectivity index (χ2n) is 6.87. The molecule has 2 heterocycles. The molecule has 1 N–H and O–H groups in total. The fraction of sp³-hybridized carbons (Fsp3) is 0.217. The van der Waals surface area contributed by atoms with Crippen LogP contribution < -0.4 is 5.32 Å². The molecule has 0 unspecified atom stereocenters. The Bertz CT molecular complexity index is 1060. The van der Waals surface area contributed by atoms with Crippen molar-refractivity contribution in [2.45, 2.75) is 25.7 Å². The summed E-state index contributed by atoms with van der Waals surface area (Å²) < 4.78 is 10.2. The number of carbonyl (C=O) groups excluding carboxylic acids is 2. The maximum absolute atomic E-state index is 12.5. The van der Waals surface area contributed by atoms with Crippen molar-refractivity contribution < 1.29 is 18.7 Å². The molecule has 1 aromatic carbocycles. The average molecular weight is 407 g/mol. The third kappa shape index (κ3) is 4.17. The van der Waals surface area contributed by atoms with E-state index in [1.165, 1.54) is 54.8 Å². The van der Waals surface area contributed by atoms with E-state index >= 15 is 0 Å². The highest BCUT2D eigenvalue weighted by molar-refractivity contribution is 7.15. The number of carbonyl (C=O) groups is 2. The maximum atomic E-state index is 12.5. The molecule has 0 saturated carbocycles. The number of ether oxygens (including phenoxy) is 1.